The molecule has 0 spiro atoms. The smallest absolute Gasteiger partial charge is 0.311 e. The summed E-state index contributed by atoms with van der Waals surface area (Å²) in [5.74, 6) is 2.05. The number of carbonyl (C=O) groups is 1. The second-order valence-corrected chi connectivity index (χ2v) is 10.4. The summed E-state index contributed by atoms with van der Waals surface area (Å²) in [6.45, 7) is 14.4. The van der Waals surface area contributed by atoms with E-state index in [1.54, 1.807) is 0 Å². The van der Waals surface area contributed by atoms with Crippen molar-refractivity contribution < 1.29 is 19.4 Å². The van der Waals surface area contributed by atoms with Crippen LogP contribution in [0.4, 0.5) is 0 Å². The molecule has 0 unspecified atom stereocenters. The van der Waals surface area contributed by atoms with Gasteiger partial charge in [-0.2, -0.15) is 0 Å². The van der Waals surface area contributed by atoms with E-state index >= 15 is 0 Å². The van der Waals surface area contributed by atoms with Crippen LogP contribution in [0.25, 0.3) is 0 Å². The van der Waals surface area contributed by atoms with Crippen LogP contribution in [0, 0.1) is 29.1 Å². The van der Waals surface area contributed by atoms with Crippen molar-refractivity contribution in [3.63, 3.8) is 0 Å². The number of hydrogen-bond acceptors (Lipinski definition) is 4. The summed E-state index contributed by atoms with van der Waals surface area (Å²) in [6, 6.07) is 0. The molecule has 0 radical (unpaired) electrons. The van der Waals surface area contributed by atoms with Gasteiger partial charge in [0.2, 0.25) is 0 Å². The van der Waals surface area contributed by atoms with Gasteiger partial charge < -0.3 is 14.6 Å². The molecule has 7 atom stereocenters. The number of fused-ring (bicyclic) bond motifs is 1. The highest BCUT2D eigenvalue weighted by atomic mass is 16.5. The summed E-state index contributed by atoms with van der Waals surface area (Å²) in [4.78, 5) is 12.9. The van der Waals surface area contributed by atoms with Crippen LogP contribution >= 0.6 is 0 Å². The second kappa shape index (κ2) is 9.30. The van der Waals surface area contributed by atoms with Gasteiger partial charge in [-0.1, -0.05) is 45.6 Å². The van der Waals surface area contributed by atoms with E-state index in [4.69, 9.17) is 9.47 Å². The minimum atomic E-state index is -0.456. The maximum atomic E-state index is 12.9. The van der Waals surface area contributed by atoms with E-state index in [0.717, 1.165) is 25.7 Å². The minimum Gasteiger partial charge on any atom is -0.495 e. The second-order valence-electron chi connectivity index (χ2n) is 10.4. The predicted molar refractivity (Wildman–Crippen MR) is 120 cm³/mol. The first-order valence-electron chi connectivity index (χ1n) is 11.7. The average Bonchev–Trinajstić information content (AvgIpc) is 2.66. The molecule has 2 aliphatic carbocycles. The Labute approximate surface area is 182 Å². The summed E-state index contributed by atoms with van der Waals surface area (Å²) >= 11 is 0. The van der Waals surface area contributed by atoms with E-state index in [-0.39, 0.29) is 30.2 Å². The number of carbonyl (C=O) groups excluding carboxylic acids is 1. The van der Waals surface area contributed by atoms with Gasteiger partial charge in [0.05, 0.1) is 17.3 Å². The number of aliphatic hydroxyl groups excluding tert-OH is 1. The molecular weight excluding hydrogens is 376 g/mol. The van der Waals surface area contributed by atoms with Gasteiger partial charge in [-0.3, -0.25) is 4.79 Å². The largest absolute Gasteiger partial charge is 0.495 e. The first kappa shape index (κ1) is 23.1. The summed E-state index contributed by atoms with van der Waals surface area (Å²) in [5, 5.41) is 10.1. The molecule has 0 saturated carbocycles. The Bertz CT molecular complexity index is 704. The lowest BCUT2D eigenvalue weighted by Crippen LogP contribution is -2.43. The van der Waals surface area contributed by atoms with Crippen molar-refractivity contribution >= 4 is 5.97 Å². The Balaban J connectivity index is 1.76. The van der Waals surface area contributed by atoms with E-state index in [2.05, 4.69) is 38.7 Å². The zero-order valence-electron chi connectivity index (χ0n) is 19.4. The zero-order chi connectivity index (χ0) is 22.1. The van der Waals surface area contributed by atoms with Crippen molar-refractivity contribution in [3.8, 4) is 0 Å². The molecule has 0 aromatic carbocycles. The number of ether oxygens (including phenoxy) is 2. The Kier molecular flexibility index (Phi) is 7.16. The zero-order valence-corrected chi connectivity index (χ0v) is 19.4. The van der Waals surface area contributed by atoms with E-state index < -0.39 is 5.41 Å². The normalized spacial score (nSPS) is 36.5. The molecule has 0 aromatic heterocycles. The average molecular weight is 417 g/mol. The van der Waals surface area contributed by atoms with Gasteiger partial charge in [0.15, 0.2) is 0 Å². The van der Waals surface area contributed by atoms with Crippen molar-refractivity contribution in [2.24, 2.45) is 29.1 Å². The molecule has 1 aliphatic heterocycles. The quantitative estimate of drug-likeness (QED) is 0.575. The third-order valence-electron chi connectivity index (χ3n) is 7.44. The lowest BCUT2D eigenvalue weighted by Gasteiger charge is -2.44. The highest BCUT2D eigenvalue weighted by Gasteiger charge is 2.43. The molecule has 168 valence electrons. The Hall–Kier alpha value is -1.55. The number of allylic oxidation sites excluding steroid dienone is 3. The van der Waals surface area contributed by atoms with Gasteiger partial charge in [-0.25, -0.2) is 0 Å². The van der Waals surface area contributed by atoms with E-state index in [9.17, 15) is 9.90 Å². The fourth-order valence-electron chi connectivity index (χ4n) is 5.20. The van der Waals surface area contributed by atoms with Crippen LogP contribution in [0.15, 0.2) is 36.1 Å². The molecule has 1 heterocycles. The molecule has 3 aliphatic rings. The van der Waals surface area contributed by atoms with Crippen LogP contribution in [-0.4, -0.2) is 29.4 Å². The third kappa shape index (κ3) is 5.19. The number of hydrogen-bond donors (Lipinski definition) is 1. The van der Waals surface area contributed by atoms with Gasteiger partial charge in [0.25, 0.3) is 0 Å². The van der Waals surface area contributed by atoms with Gasteiger partial charge >= 0.3 is 5.97 Å². The standard InChI is InChI=1S/C26H40O4/c1-7-26(5,6)25(28)30-23-13-16(2)12-19-9-8-17(3)22(24(19)23)11-10-21-15-20(27)14-18(4)29-21/h8-9,12,16-17,20-24,27H,4,7,10-11,13-15H2,1-3,5-6H3/t16-,17-,20-,21+,22-,23-,24-/m0/s1. The fraction of sp³-hybridized carbons (Fsp3) is 0.731. The van der Waals surface area contributed by atoms with Gasteiger partial charge in [0.1, 0.15) is 12.2 Å². The Morgan fingerprint density at radius 3 is 2.70 bits per heavy atom. The van der Waals surface area contributed by atoms with Gasteiger partial charge in [-0.05, 0) is 62.9 Å². The van der Waals surface area contributed by atoms with Crippen molar-refractivity contribution in [1.29, 1.82) is 0 Å². The number of rotatable bonds is 6. The molecule has 1 N–H and O–H groups in total. The van der Waals surface area contributed by atoms with Crippen LogP contribution in [0.5, 0.6) is 0 Å². The topological polar surface area (TPSA) is 55.8 Å². The summed E-state index contributed by atoms with van der Waals surface area (Å²) in [6.07, 6.45) is 11.2. The molecule has 0 bridgehead atoms. The molecule has 1 fully saturated rings. The SMILES string of the molecule is C=C1C[C@H](O)C[C@@H](CC[C@@H]2[C@@H]3C(=C[C@H](C)C[C@@H]3OC(=O)C(C)(C)CC)C=C[C@@H]2C)O1. The Morgan fingerprint density at radius 1 is 1.30 bits per heavy atom. The van der Waals surface area contributed by atoms with Crippen molar-refractivity contribution in [2.45, 2.75) is 91.5 Å². The van der Waals surface area contributed by atoms with Gasteiger partial charge in [0, 0.05) is 18.8 Å². The van der Waals surface area contributed by atoms with Crippen LogP contribution in [0.2, 0.25) is 0 Å². The monoisotopic (exact) mass is 416 g/mol. The first-order chi connectivity index (χ1) is 14.1. The number of esters is 1. The molecule has 0 amide bonds. The Morgan fingerprint density at radius 2 is 2.03 bits per heavy atom. The maximum absolute atomic E-state index is 12.9. The van der Waals surface area contributed by atoms with Crippen molar-refractivity contribution in [3.05, 3.63) is 36.1 Å². The van der Waals surface area contributed by atoms with Crippen LogP contribution in [0.1, 0.15) is 73.1 Å². The molecular formula is C26H40O4. The third-order valence-corrected chi connectivity index (χ3v) is 7.44. The van der Waals surface area contributed by atoms with Gasteiger partial charge in [-0.15, -0.1) is 0 Å². The molecule has 4 nitrogen and oxygen atoms in total. The summed E-state index contributed by atoms with van der Waals surface area (Å²) in [5.41, 5.74) is 0.862. The lowest BCUT2D eigenvalue weighted by molar-refractivity contribution is -0.164. The summed E-state index contributed by atoms with van der Waals surface area (Å²) in [7, 11) is 0. The maximum Gasteiger partial charge on any atom is 0.311 e. The number of aliphatic hydroxyl groups is 1. The first-order valence-corrected chi connectivity index (χ1v) is 11.7. The van der Waals surface area contributed by atoms with E-state index in [1.807, 2.05) is 20.8 Å². The van der Waals surface area contributed by atoms with Crippen molar-refractivity contribution in [1.82, 2.24) is 0 Å². The predicted octanol–water partition coefficient (Wildman–Crippen LogP) is 5.57. The highest BCUT2D eigenvalue weighted by Crippen LogP contribution is 2.45. The molecule has 3 rings (SSSR count). The molecule has 1 saturated heterocycles. The molecule has 4 heteroatoms. The van der Waals surface area contributed by atoms with Crippen molar-refractivity contribution in [2.75, 3.05) is 0 Å². The van der Waals surface area contributed by atoms with E-state index in [1.165, 1.54) is 5.57 Å². The van der Waals surface area contributed by atoms with Crippen LogP contribution in [-0.2, 0) is 14.3 Å². The fourth-order valence-corrected chi connectivity index (χ4v) is 5.20. The molecule has 0 aromatic rings. The molecule has 30 heavy (non-hydrogen) atoms. The van der Waals surface area contributed by atoms with Crippen LogP contribution in [0.3, 0.4) is 0 Å². The highest BCUT2D eigenvalue weighted by molar-refractivity contribution is 5.76. The van der Waals surface area contributed by atoms with Crippen LogP contribution < -0.4 is 0 Å². The lowest BCUT2D eigenvalue weighted by atomic mass is 9.65. The summed E-state index contributed by atoms with van der Waals surface area (Å²) < 4.78 is 12.1. The van der Waals surface area contributed by atoms with E-state index in [0.29, 0.717) is 36.4 Å². The minimum absolute atomic E-state index is 0.0225.